The van der Waals surface area contributed by atoms with Crippen molar-refractivity contribution in [2.45, 2.75) is 26.2 Å². The average molecular weight is 258 g/mol. The van der Waals surface area contributed by atoms with E-state index in [-0.39, 0.29) is 11.6 Å². The predicted octanol–water partition coefficient (Wildman–Crippen LogP) is 2.98. The van der Waals surface area contributed by atoms with E-state index in [1.807, 2.05) is 0 Å². The molecule has 0 aromatic heterocycles. The second-order valence-corrected chi connectivity index (χ2v) is 4.48. The van der Waals surface area contributed by atoms with Crippen LogP contribution in [-0.4, -0.2) is 18.9 Å². The molecule has 0 radical (unpaired) electrons. The van der Waals surface area contributed by atoms with Gasteiger partial charge in [-0.2, -0.15) is 0 Å². The maximum Gasteiger partial charge on any atom is 0.129 e. The average Bonchev–Trinajstić information content (AvgIpc) is 2.27. The van der Waals surface area contributed by atoms with Gasteiger partial charge < -0.3 is 10.1 Å². The minimum atomic E-state index is -0.222. The predicted molar refractivity (Wildman–Crippen MR) is 67.9 cm³/mol. The lowest BCUT2D eigenvalue weighted by Crippen LogP contribution is -2.19. The Bertz CT molecular complexity index is 382. The summed E-state index contributed by atoms with van der Waals surface area (Å²) in [4.78, 5) is 10.7. The molecule has 0 aliphatic rings. The van der Waals surface area contributed by atoms with Crippen LogP contribution in [0.3, 0.4) is 0 Å². The van der Waals surface area contributed by atoms with Crippen LogP contribution >= 0.6 is 11.6 Å². The normalized spacial score (nSPS) is 10.5. The van der Waals surface area contributed by atoms with Gasteiger partial charge in [0.2, 0.25) is 0 Å². The summed E-state index contributed by atoms with van der Waals surface area (Å²) in [6.45, 7) is 3.05. The molecule has 0 heterocycles. The van der Waals surface area contributed by atoms with Gasteiger partial charge in [0.15, 0.2) is 0 Å². The number of benzene rings is 1. The molecule has 0 fully saturated rings. The van der Waals surface area contributed by atoms with E-state index < -0.39 is 0 Å². The molecule has 0 spiro atoms. The molecule has 0 atom stereocenters. The monoisotopic (exact) mass is 257 g/mol. The lowest BCUT2D eigenvalue weighted by molar-refractivity contribution is -0.117. The molecule has 1 aromatic rings. The molecule has 1 aromatic carbocycles. The van der Waals surface area contributed by atoms with Crippen LogP contribution in [0.2, 0.25) is 5.02 Å². The van der Waals surface area contributed by atoms with Crippen molar-refractivity contribution in [3.05, 3.63) is 34.6 Å². The maximum absolute atomic E-state index is 13.3. The van der Waals surface area contributed by atoms with Crippen LogP contribution in [0.15, 0.2) is 18.2 Å². The Hall–Kier alpha value is -0.930. The largest absolute Gasteiger partial charge is 0.316 e. The standard InChI is InChI=1S/C13H17ClFNO/c1-10(17)3-2-7-16-8-6-11-9-12(14)4-5-13(11)15/h4-5,9,16H,2-3,6-8H2,1H3. The first-order valence-corrected chi connectivity index (χ1v) is 6.11. The molecule has 0 aliphatic carbocycles. The lowest BCUT2D eigenvalue weighted by Gasteiger charge is -2.05. The van der Waals surface area contributed by atoms with Gasteiger partial charge in [-0.15, -0.1) is 0 Å². The van der Waals surface area contributed by atoms with E-state index in [2.05, 4.69) is 5.32 Å². The zero-order valence-corrected chi connectivity index (χ0v) is 10.7. The summed E-state index contributed by atoms with van der Waals surface area (Å²) >= 11 is 5.79. The second-order valence-electron chi connectivity index (χ2n) is 4.04. The minimum absolute atomic E-state index is 0.202. The molecular weight excluding hydrogens is 241 g/mol. The first-order chi connectivity index (χ1) is 8.09. The number of halogens is 2. The van der Waals surface area contributed by atoms with E-state index >= 15 is 0 Å². The first-order valence-electron chi connectivity index (χ1n) is 5.73. The van der Waals surface area contributed by atoms with Crippen molar-refractivity contribution in [3.63, 3.8) is 0 Å². The molecule has 0 amide bonds. The Balaban J connectivity index is 2.22. The van der Waals surface area contributed by atoms with Crippen LogP contribution in [-0.2, 0) is 11.2 Å². The Kier molecular flexibility index (Phi) is 6.16. The molecule has 0 unspecified atom stereocenters. The van der Waals surface area contributed by atoms with E-state index in [9.17, 15) is 9.18 Å². The molecule has 94 valence electrons. The first kappa shape index (κ1) is 14.1. The quantitative estimate of drug-likeness (QED) is 0.761. The topological polar surface area (TPSA) is 29.1 Å². The van der Waals surface area contributed by atoms with E-state index in [1.54, 1.807) is 19.1 Å². The number of Topliss-reactive ketones (excluding diaryl/α,β-unsaturated/α-hetero) is 1. The molecular formula is C13H17ClFNO. The Morgan fingerprint density at radius 3 is 2.88 bits per heavy atom. The Labute approximate surface area is 106 Å². The van der Waals surface area contributed by atoms with Crippen molar-refractivity contribution < 1.29 is 9.18 Å². The number of hydrogen-bond donors (Lipinski definition) is 1. The molecule has 0 saturated heterocycles. The van der Waals surface area contributed by atoms with Gasteiger partial charge in [-0.1, -0.05) is 11.6 Å². The van der Waals surface area contributed by atoms with Gasteiger partial charge in [-0.05, 0) is 56.6 Å². The number of carbonyl (C=O) groups excluding carboxylic acids is 1. The molecule has 0 bridgehead atoms. The van der Waals surface area contributed by atoms with Crippen LogP contribution < -0.4 is 5.32 Å². The molecule has 1 rings (SSSR count). The van der Waals surface area contributed by atoms with Crippen LogP contribution in [0.4, 0.5) is 4.39 Å². The number of nitrogens with one attached hydrogen (secondary N) is 1. The van der Waals surface area contributed by atoms with Gasteiger partial charge in [0, 0.05) is 11.4 Å². The highest BCUT2D eigenvalue weighted by Gasteiger charge is 2.02. The zero-order chi connectivity index (χ0) is 12.7. The highest BCUT2D eigenvalue weighted by atomic mass is 35.5. The maximum atomic E-state index is 13.3. The summed E-state index contributed by atoms with van der Waals surface area (Å²) in [6, 6.07) is 4.57. The van der Waals surface area contributed by atoms with Gasteiger partial charge in [0.25, 0.3) is 0 Å². The van der Waals surface area contributed by atoms with Gasteiger partial charge >= 0.3 is 0 Å². The Morgan fingerprint density at radius 1 is 1.41 bits per heavy atom. The highest BCUT2D eigenvalue weighted by Crippen LogP contribution is 2.14. The third-order valence-electron chi connectivity index (χ3n) is 2.46. The van der Waals surface area contributed by atoms with E-state index in [0.717, 1.165) is 13.0 Å². The molecule has 0 saturated carbocycles. The third-order valence-corrected chi connectivity index (χ3v) is 2.70. The van der Waals surface area contributed by atoms with Crippen molar-refractivity contribution in [1.82, 2.24) is 5.32 Å². The van der Waals surface area contributed by atoms with Gasteiger partial charge in [-0.25, -0.2) is 4.39 Å². The Morgan fingerprint density at radius 2 is 2.18 bits per heavy atom. The third kappa shape index (κ3) is 5.80. The van der Waals surface area contributed by atoms with Crippen LogP contribution in [0.25, 0.3) is 0 Å². The molecule has 0 aliphatic heterocycles. The summed E-state index contributed by atoms with van der Waals surface area (Å²) in [5.41, 5.74) is 0.622. The van der Waals surface area contributed by atoms with Crippen molar-refractivity contribution in [2.24, 2.45) is 0 Å². The van der Waals surface area contributed by atoms with Crippen LogP contribution in [0.1, 0.15) is 25.3 Å². The zero-order valence-electron chi connectivity index (χ0n) is 9.93. The van der Waals surface area contributed by atoms with Gasteiger partial charge in [0.1, 0.15) is 11.6 Å². The summed E-state index contributed by atoms with van der Waals surface area (Å²) in [7, 11) is 0. The smallest absolute Gasteiger partial charge is 0.129 e. The van der Waals surface area contributed by atoms with Crippen molar-refractivity contribution in [1.29, 1.82) is 0 Å². The van der Waals surface area contributed by atoms with Gasteiger partial charge in [-0.3, -0.25) is 0 Å². The van der Waals surface area contributed by atoms with Crippen LogP contribution in [0, 0.1) is 5.82 Å². The number of hydrogen-bond acceptors (Lipinski definition) is 2. The summed E-state index contributed by atoms with van der Waals surface area (Å²) < 4.78 is 13.3. The summed E-state index contributed by atoms with van der Waals surface area (Å²) in [5, 5.41) is 3.73. The number of carbonyl (C=O) groups is 1. The fourth-order valence-corrected chi connectivity index (χ4v) is 1.74. The molecule has 1 N–H and O–H groups in total. The highest BCUT2D eigenvalue weighted by molar-refractivity contribution is 6.30. The second kappa shape index (κ2) is 7.41. The summed E-state index contributed by atoms with van der Waals surface area (Å²) in [6.07, 6.45) is 2.03. The molecule has 17 heavy (non-hydrogen) atoms. The van der Waals surface area contributed by atoms with E-state index in [4.69, 9.17) is 11.6 Å². The summed E-state index contributed by atoms with van der Waals surface area (Å²) in [5.74, 6) is -0.0207. The SMILES string of the molecule is CC(=O)CCCNCCc1cc(Cl)ccc1F. The lowest BCUT2D eigenvalue weighted by atomic mass is 10.1. The van der Waals surface area contributed by atoms with Crippen LogP contribution in [0.5, 0.6) is 0 Å². The van der Waals surface area contributed by atoms with E-state index in [0.29, 0.717) is 30.0 Å². The van der Waals surface area contributed by atoms with Gasteiger partial charge in [0.05, 0.1) is 0 Å². The number of rotatable bonds is 7. The fourth-order valence-electron chi connectivity index (χ4n) is 1.55. The number of ketones is 1. The van der Waals surface area contributed by atoms with E-state index in [1.165, 1.54) is 6.07 Å². The molecule has 2 nitrogen and oxygen atoms in total. The van der Waals surface area contributed by atoms with Crippen molar-refractivity contribution in [2.75, 3.05) is 13.1 Å². The van der Waals surface area contributed by atoms with Crippen molar-refractivity contribution >= 4 is 17.4 Å². The fraction of sp³-hybridized carbons (Fsp3) is 0.462. The van der Waals surface area contributed by atoms with Crippen molar-refractivity contribution in [3.8, 4) is 0 Å². The molecule has 4 heteroatoms. The minimum Gasteiger partial charge on any atom is -0.316 e.